The molecule has 0 aliphatic rings. The monoisotopic (exact) mass is 293 g/mol. The van der Waals surface area contributed by atoms with Crippen molar-refractivity contribution in [1.82, 2.24) is 5.32 Å². The summed E-state index contributed by atoms with van der Waals surface area (Å²) in [5, 5.41) is 4.37. The Balaban J connectivity index is 2.49. The van der Waals surface area contributed by atoms with E-state index >= 15 is 0 Å². The van der Waals surface area contributed by atoms with Crippen LogP contribution in [0.3, 0.4) is 0 Å². The van der Waals surface area contributed by atoms with Crippen LogP contribution in [0.25, 0.3) is 0 Å². The van der Waals surface area contributed by atoms with Crippen molar-refractivity contribution in [2.45, 2.75) is 31.2 Å². The third-order valence-electron chi connectivity index (χ3n) is 2.20. The first-order valence-corrected chi connectivity index (χ1v) is 7.65. The Labute approximate surface area is 115 Å². The Bertz CT molecular complexity index is 396. The van der Waals surface area contributed by atoms with Gasteiger partial charge in [0.05, 0.1) is 20.7 Å². The van der Waals surface area contributed by atoms with Crippen molar-refractivity contribution in [1.29, 1.82) is 0 Å². The normalized spacial score (nSPS) is 13.0. The second-order valence-electron chi connectivity index (χ2n) is 4.09. The van der Waals surface area contributed by atoms with E-state index in [0.29, 0.717) is 26.7 Å². The second-order valence-corrected chi connectivity index (χ2v) is 6.47. The molecule has 1 rings (SSSR count). The highest BCUT2D eigenvalue weighted by Crippen LogP contribution is 2.23. The van der Waals surface area contributed by atoms with Gasteiger partial charge >= 0.3 is 0 Å². The van der Waals surface area contributed by atoms with E-state index < -0.39 is 10.8 Å². The predicted molar refractivity (Wildman–Crippen MR) is 75.5 cm³/mol. The van der Waals surface area contributed by atoms with Gasteiger partial charge in [-0.25, -0.2) is 0 Å². The lowest BCUT2D eigenvalue weighted by atomic mass is 10.4. The van der Waals surface area contributed by atoms with Gasteiger partial charge in [-0.3, -0.25) is 4.21 Å². The van der Waals surface area contributed by atoms with Crippen LogP contribution in [-0.2, 0) is 10.8 Å². The Morgan fingerprint density at radius 3 is 2.71 bits per heavy atom. The number of hydrogen-bond donors (Lipinski definition) is 1. The number of benzene rings is 1. The zero-order chi connectivity index (χ0) is 12.8. The minimum atomic E-state index is -1.08. The first-order valence-electron chi connectivity index (χ1n) is 5.57. The van der Waals surface area contributed by atoms with Gasteiger partial charge in [0.2, 0.25) is 0 Å². The van der Waals surface area contributed by atoms with Crippen LogP contribution < -0.4 is 5.32 Å². The van der Waals surface area contributed by atoms with Gasteiger partial charge in [0, 0.05) is 16.8 Å². The maximum Gasteiger partial charge on any atom is 0.0589 e. The van der Waals surface area contributed by atoms with Crippen LogP contribution in [0.1, 0.15) is 20.3 Å². The molecule has 2 nitrogen and oxygen atoms in total. The van der Waals surface area contributed by atoms with Crippen molar-refractivity contribution >= 4 is 34.0 Å². The van der Waals surface area contributed by atoms with Crippen molar-refractivity contribution in [3.8, 4) is 0 Å². The second kappa shape index (κ2) is 7.37. The van der Waals surface area contributed by atoms with Gasteiger partial charge in [-0.05, 0) is 31.2 Å². The van der Waals surface area contributed by atoms with Gasteiger partial charge in [-0.2, -0.15) is 0 Å². The highest BCUT2D eigenvalue weighted by molar-refractivity contribution is 7.85. The number of hydrogen-bond acceptors (Lipinski definition) is 2. The molecule has 0 bridgehead atoms. The maximum absolute atomic E-state index is 12.0. The number of halogens is 2. The highest BCUT2D eigenvalue weighted by atomic mass is 35.5. The van der Waals surface area contributed by atoms with Crippen molar-refractivity contribution in [2.24, 2.45) is 0 Å². The molecule has 0 aromatic heterocycles. The van der Waals surface area contributed by atoms with E-state index in [9.17, 15) is 4.21 Å². The molecule has 1 aromatic carbocycles. The smallest absolute Gasteiger partial charge is 0.0589 e. The van der Waals surface area contributed by atoms with Crippen LogP contribution >= 0.6 is 23.2 Å². The Morgan fingerprint density at radius 2 is 2.06 bits per heavy atom. The van der Waals surface area contributed by atoms with Crippen LogP contribution in [0.2, 0.25) is 10.0 Å². The first kappa shape index (κ1) is 15.0. The Morgan fingerprint density at radius 1 is 1.35 bits per heavy atom. The van der Waals surface area contributed by atoms with E-state index in [0.717, 1.165) is 13.0 Å². The van der Waals surface area contributed by atoms with Gasteiger partial charge in [-0.15, -0.1) is 0 Å². The summed E-state index contributed by atoms with van der Waals surface area (Å²) in [6, 6.07) is 5.52. The molecular weight excluding hydrogens is 277 g/mol. The molecule has 1 unspecified atom stereocenters. The van der Waals surface area contributed by atoms with Crippen LogP contribution in [0.15, 0.2) is 23.1 Å². The van der Waals surface area contributed by atoms with Crippen LogP contribution in [0, 0.1) is 0 Å². The zero-order valence-electron chi connectivity index (χ0n) is 10.0. The van der Waals surface area contributed by atoms with Gasteiger partial charge in [0.15, 0.2) is 0 Å². The molecule has 96 valence electrons. The van der Waals surface area contributed by atoms with E-state index in [-0.39, 0.29) is 0 Å². The van der Waals surface area contributed by atoms with E-state index in [4.69, 9.17) is 23.2 Å². The summed E-state index contributed by atoms with van der Waals surface area (Å²) < 4.78 is 12.0. The fourth-order valence-electron chi connectivity index (χ4n) is 1.36. The fraction of sp³-hybridized carbons (Fsp3) is 0.500. The molecule has 17 heavy (non-hydrogen) atoms. The number of nitrogens with one attached hydrogen (secondary N) is 1. The Hall–Kier alpha value is -0.0900. The molecule has 0 saturated carbocycles. The molecule has 0 saturated heterocycles. The standard InChI is InChI=1S/C12H17Cl2NOS/c1-9(2)15-6-3-7-17(16)12-8-10(13)4-5-11(12)14/h4-5,8-9,15H,3,6-7H2,1-2H3. The lowest BCUT2D eigenvalue weighted by Gasteiger charge is -2.08. The van der Waals surface area contributed by atoms with Crippen LogP contribution in [0.4, 0.5) is 0 Å². The van der Waals surface area contributed by atoms with Gasteiger partial charge in [-0.1, -0.05) is 37.0 Å². The van der Waals surface area contributed by atoms with E-state index in [1.165, 1.54) is 0 Å². The molecule has 5 heteroatoms. The minimum absolute atomic E-state index is 0.457. The Kier molecular flexibility index (Phi) is 6.49. The molecule has 0 aliphatic heterocycles. The zero-order valence-corrected chi connectivity index (χ0v) is 12.3. The molecule has 0 radical (unpaired) electrons. The summed E-state index contributed by atoms with van der Waals surface area (Å²) >= 11 is 11.8. The average molecular weight is 294 g/mol. The van der Waals surface area contributed by atoms with Crippen molar-refractivity contribution in [3.63, 3.8) is 0 Å². The summed E-state index contributed by atoms with van der Waals surface area (Å²) in [6.45, 7) is 5.04. The van der Waals surface area contributed by atoms with Gasteiger partial charge in [0.25, 0.3) is 0 Å². The maximum atomic E-state index is 12.0. The summed E-state index contributed by atoms with van der Waals surface area (Å²) in [6.07, 6.45) is 0.855. The van der Waals surface area contributed by atoms with Crippen molar-refractivity contribution in [2.75, 3.05) is 12.3 Å². The average Bonchev–Trinajstić information content (AvgIpc) is 2.27. The molecule has 1 atom stereocenters. The molecule has 0 heterocycles. The van der Waals surface area contributed by atoms with Gasteiger partial charge in [0.1, 0.15) is 0 Å². The summed E-state index contributed by atoms with van der Waals surface area (Å²) in [5.74, 6) is 0.597. The van der Waals surface area contributed by atoms with Crippen molar-refractivity contribution < 1.29 is 4.21 Å². The third kappa shape index (κ3) is 5.38. The minimum Gasteiger partial charge on any atom is -0.315 e. The molecule has 0 spiro atoms. The molecule has 0 aliphatic carbocycles. The fourth-order valence-corrected chi connectivity index (χ4v) is 3.14. The van der Waals surface area contributed by atoms with E-state index in [2.05, 4.69) is 19.2 Å². The highest BCUT2D eigenvalue weighted by Gasteiger charge is 2.09. The molecule has 1 aromatic rings. The number of rotatable bonds is 6. The quantitative estimate of drug-likeness (QED) is 0.814. The molecular formula is C12H17Cl2NOS. The lowest BCUT2D eigenvalue weighted by molar-refractivity contribution is 0.583. The molecule has 1 N–H and O–H groups in total. The van der Waals surface area contributed by atoms with Crippen LogP contribution in [-0.4, -0.2) is 22.5 Å². The topological polar surface area (TPSA) is 29.1 Å². The van der Waals surface area contributed by atoms with Crippen molar-refractivity contribution in [3.05, 3.63) is 28.2 Å². The van der Waals surface area contributed by atoms with E-state index in [1.807, 2.05) is 0 Å². The largest absolute Gasteiger partial charge is 0.315 e. The first-order chi connectivity index (χ1) is 8.00. The summed E-state index contributed by atoms with van der Waals surface area (Å²) in [5.41, 5.74) is 0. The molecule has 0 fully saturated rings. The van der Waals surface area contributed by atoms with Gasteiger partial charge < -0.3 is 5.32 Å². The molecule has 0 amide bonds. The third-order valence-corrected chi connectivity index (χ3v) is 4.36. The predicted octanol–water partition coefficient (Wildman–Crippen LogP) is 3.49. The van der Waals surface area contributed by atoms with E-state index in [1.54, 1.807) is 18.2 Å². The lowest BCUT2D eigenvalue weighted by Crippen LogP contribution is -2.24. The summed E-state index contributed by atoms with van der Waals surface area (Å²) in [7, 11) is -1.08. The van der Waals surface area contributed by atoms with Crippen LogP contribution in [0.5, 0.6) is 0 Å². The summed E-state index contributed by atoms with van der Waals surface area (Å²) in [4.78, 5) is 0.628. The SMILES string of the molecule is CC(C)NCCCS(=O)c1cc(Cl)ccc1Cl.